The second-order valence-electron chi connectivity index (χ2n) is 6.91. The molecule has 5 heteroatoms. The number of piperazine rings is 1. The van der Waals surface area contributed by atoms with Crippen LogP contribution >= 0.6 is 0 Å². The Kier molecular flexibility index (Phi) is 5.27. The zero-order chi connectivity index (χ0) is 14.6. The van der Waals surface area contributed by atoms with Crippen molar-refractivity contribution in [1.82, 2.24) is 15.1 Å². The van der Waals surface area contributed by atoms with E-state index in [0.717, 1.165) is 39.3 Å². The summed E-state index contributed by atoms with van der Waals surface area (Å²) in [4.78, 5) is 16.3. The fourth-order valence-corrected chi connectivity index (χ4v) is 2.83. The van der Waals surface area contributed by atoms with Crippen molar-refractivity contribution in [3.63, 3.8) is 0 Å². The van der Waals surface area contributed by atoms with Crippen LogP contribution in [0.2, 0.25) is 0 Å². The number of amides is 1. The van der Waals surface area contributed by atoms with Crippen LogP contribution in [0.3, 0.4) is 0 Å². The van der Waals surface area contributed by atoms with Crippen molar-refractivity contribution in [2.45, 2.75) is 51.7 Å². The normalized spacial score (nSPS) is 25.6. The fourth-order valence-electron chi connectivity index (χ4n) is 2.83. The Bertz CT molecular complexity index is 314. The van der Waals surface area contributed by atoms with Gasteiger partial charge in [-0.25, -0.2) is 4.79 Å². The fraction of sp³-hybridized carbons (Fsp3) is 0.933. The van der Waals surface area contributed by atoms with E-state index in [-0.39, 0.29) is 6.09 Å². The molecule has 0 aromatic heterocycles. The van der Waals surface area contributed by atoms with E-state index in [0.29, 0.717) is 6.04 Å². The van der Waals surface area contributed by atoms with Crippen molar-refractivity contribution >= 4 is 6.09 Å². The number of hydrogen-bond donors (Lipinski definition) is 1. The molecule has 1 amide bonds. The maximum Gasteiger partial charge on any atom is 0.410 e. The van der Waals surface area contributed by atoms with Crippen molar-refractivity contribution in [2.24, 2.45) is 0 Å². The van der Waals surface area contributed by atoms with Crippen LogP contribution in [-0.4, -0.2) is 66.8 Å². The predicted octanol–water partition coefficient (Wildman–Crippen LogP) is 1.68. The van der Waals surface area contributed by atoms with Gasteiger partial charge in [0.1, 0.15) is 5.60 Å². The molecule has 0 aromatic rings. The zero-order valence-electron chi connectivity index (χ0n) is 13.2. The van der Waals surface area contributed by atoms with Crippen LogP contribution in [0.25, 0.3) is 0 Å². The summed E-state index contributed by atoms with van der Waals surface area (Å²) < 4.78 is 5.42. The van der Waals surface area contributed by atoms with Crippen LogP contribution in [0, 0.1) is 0 Å². The highest BCUT2D eigenvalue weighted by Gasteiger charge is 2.26. The number of carbonyl (C=O) groups excluding carboxylic acids is 1. The average molecular weight is 283 g/mol. The second-order valence-corrected chi connectivity index (χ2v) is 6.91. The molecule has 1 N–H and O–H groups in total. The Morgan fingerprint density at radius 1 is 1.20 bits per heavy atom. The molecule has 2 aliphatic heterocycles. The topological polar surface area (TPSA) is 44.8 Å². The first kappa shape index (κ1) is 15.6. The lowest BCUT2D eigenvalue weighted by molar-refractivity contribution is 0.0136. The van der Waals surface area contributed by atoms with E-state index in [1.807, 2.05) is 25.7 Å². The molecule has 0 radical (unpaired) electrons. The van der Waals surface area contributed by atoms with Gasteiger partial charge in [-0.05, 0) is 40.2 Å². The molecule has 0 aliphatic carbocycles. The molecule has 0 bridgehead atoms. The van der Waals surface area contributed by atoms with E-state index in [1.54, 1.807) is 0 Å². The van der Waals surface area contributed by atoms with Gasteiger partial charge in [-0.3, -0.25) is 4.90 Å². The van der Waals surface area contributed by atoms with E-state index in [2.05, 4.69) is 10.2 Å². The number of hydrogen-bond acceptors (Lipinski definition) is 4. The Morgan fingerprint density at radius 3 is 2.45 bits per heavy atom. The van der Waals surface area contributed by atoms with Crippen LogP contribution < -0.4 is 5.32 Å². The number of nitrogens with zero attached hydrogens (tertiary/aromatic N) is 2. The zero-order valence-corrected chi connectivity index (χ0v) is 13.2. The van der Waals surface area contributed by atoms with Crippen molar-refractivity contribution in [3.05, 3.63) is 0 Å². The third-order valence-corrected chi connectivity index (χ3v) is 3.91. The highest BCUT2D eigenvalue weighted by Crippen LogP contribution is 2.13. The van der Waals surface area contributed by atoms with Crippen LogP contribution in [-0.2, 0) is 4.74 Å². The first-order valence-electron chi connectivity index (χ1n) is 7.88. The van der Waals surface area contributed by atoms with Crippen molar-refractivity contribution < 1.29 is 9.53 Å². The number of piperidine rings is 1. The van der Waals surface area contributed by atoms with Gasteiger partial charge < -0.3 is 15.0 Å². The Morgan fingerprint density at radius 2 is 1.90 bits per heavy atom. The lowest BCUT2D eigenvalue weighted by Crippen LogP contribution is -2.53. The summed E-state index contributed by atoms with van der Waals surface area (Å²) in [6, 6.07) is 0.636. The Balaban J connectivity index is 1.70. The van der Waals surface area contributed by atoms with Gasteiger partial charge in [-0.2, -0.15) is 0 Å². The predicted molar refractivity (Wildman–Crippen MR) is 79.9 cm³/mol. The van der Waals surface area contributed by atoms with Crippen LogP contribution in [0.4, 0.5) is 4.79 Å². The molecule has 0 spiro atoms. The molecule has 2 fully saturated rings. The lowest BCUT2D eigenvalue weighted by Gasteiger charge is -2.37. The lowest BCUT2D eigenvalue weighted by atomic mass is 10.0. The van der Waals surface area contributed by atoms with Crippen LogP contribution in [0.1, 0.15) is 40.0 Å². The third kappa shape index (κ3) is 4.94. The quantitative estimate of drug-likeness (QED) is 0.837. The number of nitrogens with one attached hydrogen (secondary N) is 1. The van der Waals surface area contributed by atoms with Gasteiger partial charge in [0.15, 0.2) is 0 Å². The highest BCUT2D eigenvalue weighted by atomic mass is 16.6. The minimum atomic E-state index is -0.403. The van der Waals surface area contributed by atoms with Gasteiger partial charge in [0.05, 0.1) is 0 Å². The Hall–Kier alpha value is -0.810. The standard InChI is InChI=1S/C15H29N3O2/c1-15(2,3)20-14(19)18-10-8-17(9-11-18)12-13-6-4-5-7-16-13/h13,16H,4-12H2,1-3H3. The minimum Gasteiger partial charge on any atom is -0.444 e. The first-order valence-corrected chi connectivity index (χ1v) is 7.88. The summed E-state index contributed by atoms with van der Waals surface area (Å²) in [5.41, 5.74) is -0.403. The molecule has 2 aliphatic rings. The third-order valence-electron chi connectivity index (χ3n) is 3.91. The van der Waals surface area contributed by atoms with Gasteiger partial charge >= 0.3 is 6.09 Å². The van der Waals surface area contributed by atoms with Crippen molar-refractivity contribution in [3.8, 4) is 0 Å². The molecule has 2 saturated heterocycles. The van der Waals surface area contributed by atoms with Crippen molar-refractivity contribution in [1.29, 1.82) is 0 Å². The molecule has 2 rings (SSSR count). The first-order chi connectivity index (χ1) is 9.44. The maximum absolute atomic E-state index is 12.0. The van der Waals surface area contributed by atoms with E-state index < -0.39 is 5.60 Å². The summed E-state index contributed by atoms with van der Waals surface area (Å²) in [5.74, 6) is 0. The smallest absolute Gasteiger partial charge is 0.410 e. The van der Waals surface area contributed by atoms with Crippen LogP contribution in [0.15, 0.2) is 0 Å². The monoisotopic (exact) mass is 283 g/mol. The summed E-state index contributed by atoms with van der Waals surface area (Å²) in [6.45, 7) is 11.5. The van der Waals surface area contributed by atoms with Gasteiger partial charge in [-0.1, -0.05) is 6.42 Å². The molecule has 20 heavy (non-hydrogen) atoms. The maximum atomic E-state index is 12.0. The highest BCUT2D eigenvalue weighted by molar-refractivity contribution is 5.68. The minimum absolute atomic E-state index is 0.173. The molecule has 0 saturated carbocycles. The number of rotatable bonds is 2. The van der Waals surface area contributed by atoms with Crippen LogP contribution in [0.5, 0.6) is 0 Å². The molecular weight excluding hydrogens is 254 g/mol. The Labute approximate surface area is 122 Å². The van der Waals surface area contributed by atoms with Gasteiger partial charge in [-0.15, -0.1) is 0 Å². The van der Waals surface area contributed by atoms with E-state index in [9.17, 15) is 4.79 Å². The van der Waals surface area contributed by atoms with E-state index in [4.69, 9.17) is 4.74 Å². The molecule has 116 valence electrons. The molecular formula is C15H29N3O2. The van der Waals surface area contributed by atoms with E-state index in [1.165, 1.54) is 19.3 Å². The SMILES string of the molecule is CC(C)(C)OC(=O)N1CCN(CC2CCCCN2)CC1. The van der Waals surface area contributed by atoms with E-state index >= 15 is 0 Å². The number of carbonyl (C=O) groups is 1. The molecule has 1 atom stereocenters. The van der Waals surface area contributed by atoms with Gasteiger partial charge in [0.2, 0.25) is 0 Å². The summed E-state index contributed by atoms with van der Waals surface area (Å²) >= 11 is 0. The number of ether oxygens (including phenoxy) is 1. The van der Waals surface area contributed by atoms with Gasteiger partial charge in [0, 0.05) is 38.8 Å². The molecule has 1 unspecified atom stereocenters. The summed E-state index contributed by atoms with van der Waals surface area (Å²) in [5, 5.41) is 3.58. The summed E-state index contributed by atoms with van der Waals surface area (Å²) in [7, 11) is 0. The average Bonchev–Trinajstić information content (AvgIpc) is 2.39. The molecule has 0 aromatic carbocycles. The largest absolute Gasteiger partial charge is 0.444 e. The second kappa shape index (κ2) is 6.76. The summed E-state index contributed by atoms with van der Waals surface area (Å²) in [6.07, 6.45) is 3.76. The molecule has 2 heterocycles. The van der Waals surface area contributed by atoms with Crippen molar-refractivity contribution in [2.75, 3.05) is 39.3 Å². The molecule has 5 nitrogen and oxygen atoms in total. The van der Waals surface area contributed by atoms with Gasteiger partial charge in [0.25, 0.3) is 0 Å².